The summed E-state index contributed by atoms with van der Waals surface area (Å²) >= 11 is 0. The average Bonchev–Trinajstić information content (AvgIpc) is 2.67. The van der Waals surface area contributed by atoms with Crippen LogP contribution in [0.3, 0.4) is 0 Å². The Balaban J connectivity index is 2.43. The molecule has 0 radical (unpaired) electrons. The third-order valence-electron chi connectivity index (χ3n) is 2.96. The Kier molecular flexibility index (Phi) is 3.80. The summed E-state index contributed by atoms with van der Waals surface area (Å²) in [5.41, 5.74) is -1.85. The van der Waals surface area contributed by atoms with Crippen LogP contribution in [0.1, 0.15) is 11.8 Å². The number of hydrogen-bond acceptors (Lipinski definition) is 6. The maximum absolute atomic E-state index is 13.8. The molecule has 9 heteroatoms. The lowest BCUT2D eigenvalue weighted by Crippen LogP contribution is -2.37. The molecular weight excluding hydrogens is 263 g/mol. The number of aromatic nitrogens is 2. The monoisotopic (exact) mass is 276 g/mol. The average molecular weight is 276 g/mol. The van der Waals surface area contributed by atoms with Gasteiger partial charge in [0.1, 0.15) is 12.2 Å². The van der Waals surface area contributed by atoms with Crippen molar-refractivity contribution in [3.8, 4) is 0 Å². The Morgan fingerprint density at radius 1 is 1.42 bits per heavy atom. The molecule has 106 valence electrons. The van der Waals surface area contributed by atoms with E-state index in [2.05, 4.69) is 0 Å². The van der Waals surface area contributed by atoms with E-state index < -0.39 is 49.1 Å². The molecule has 0 spiro atoms. The van der Waals surface area contributed by atoms with Gasteiger partial charge < -0.3 is 20.1 Å². The molecule has 2 heterocycles. The minimum absolute atomic E-state index is 0.141. The number of alkyl halides is 1. The number of H-pyrrole nitrogens is 1. The fourth-order valence-corrected chi connectivity index (χ4v) is 1.91. The van der Waals surface area contributed by atoms with Crippen molar-refractivity contribution in [1.82, 2.24) is 9.55 Å². The number of hydrogen-bond donors (Lipinski definition) is 4. The zero-order valence-corrected chi connectivity index (χ0v) is 9.69. The van der Waals surface area contributed by atoms with Gasteiger partial charge in [-0.05, 0) is 0 Å². The SMILES string of the molecule is O=c1[nH]c(=O)n([C@@H]2O[C@H](CO)[C@@H](O)[C@H]2F)cc1CO. The number of nitrogens with one attached hydrogen (secondary N) is 1. The first-order valence-corrected chi connectivity index (χ1v) is 5.53. The van der Waals surface area contributed by atoms with Gasteiger partial charge >= 0.3 is 5.69 Å². The van der Waals surface area contributed by atoms with Gasteiger partial charge in [0.25, 0.3) is 5.56 Å². The first kappa shape index (κ1) is 13.9. The Bertz CT molecular complexity index is 570. The Hall–Kier alpha value is -1.55. The number of halogens is 1. The molecule has 0 unspecified atom stereocenters. The molecule has 8 nitrogen and oxygen atoms in total. The van der Waals surface area contributed by atoms with Gasteiger partial charge in [-0.25, -0.2) is 9.18 Å². The van der Waals surface area contributed by atoms with Gasteiger partial charge in [-0.3, -0.25) is 14.3 Å². The van der Waals surface area contributed by atoms with Crippen LogP contribution in [-0.4, -0.2) is 49.9 Å². The number of aliphatic hydroxyl groups is 3. The van der Waals surface area contributed by atoms with Crippen LogP contribution >= 0.6 is 0 Å². The maximum Gasteiger partial charge on any atom is 0.330 e. The van der Waals surface area contributed by atoms with Crippen molar-refractivity contribution >= 4 is 0 Å². The molecule has 4 atom stereocenters. The van der Waals surface area contributed by atoms with Crippen molar-refractivity contribution in [2.75, 3.05) is 6.61 Å². The number of rotatable bonds is 3. The van der Waals surface area contributed by atoms with E-state index in [-0.39, 0.29) is 5.56 Å². The molecule has 1 aliphatic heterocycles. The summed E-state index contributed by atoms with van der Waals surface area (Å²) in [4.78, 5) is 24.7. The predicted molar refractivity (Wildman–Crippen MR) is 59.1 cm³/mol. The minimum atomic E-state index is -1.94. The molecule has 0 bridgehead atoms. The highest BCUT2D eigenvalue weighted by molar-refractivity contribution is 5.04. The van der Waals surface area contributed by atoms with E-state index in [1.165, 1.54) is 0 Å². The highest BCUT2D eigenvalue weighted by Crippen LogP contribution is 2.30. The number of nitrogens with zero attached hydrogens (tertiary/aromatic N) is 1. The zero-order valence-electron chi connectivity index (χ0n) is 9.69. The normalized spacial score (nSPS) is 30.7. The summed E-state index contributed by atoms with van der Waals surface area (Å²) in [7, 11) is 0. The third-order valence-corrected chi connectivity index (χ3v) is 2.96. The van der Waals surface area contributed by atoms with Crippen LogP contribution in [0.5, 0.6) is 0 Å². The van der Waals surface area contributed by atoms with Gasteiger partial charge in [-0.2, -0.15) is 0 Å². The van der Waals surface area contributed by atoms with E-state index >= 15 is 0 Å². The Morgan fingerprint density at radius 2 is 2.11 bits per heavy atom. The molecule has 0 aromatic carbocycles. The van der Waals surface area contributed by atoms with Crippen molar-refractivity contribution in [3.05, 3.63) is 32.6 Å². The lowest BCUT2D eigenvalue weighted by molar-refractivity contribution is -0.0493. The molecule has 19 heavy (non-hydrogen) atoms. The van der Waals surface area contributed by atoms with Crippen molar-refractivity contribution < 1.29 is 24.4 Å². The first-order chi connectivity index (χ1) is 8.99. The lowest BCUT2D eigenvalue weighted by Gasteiger charge is -2.16. The largest absolute Gasteiger partial charge is 0.394 e. The number of ether oxygens (including phenoxy) is 1. The minimum Gasteiger partial charge on any atom is -0.394 e. The molecule has 0 amide bonds. The van der Waals surface area contributed by atoms with Crippen molar-refractivity contribution in [3.63, 3.8) is 0 Å². The van der Waals surface area contributed by atoms with E-state index in [9.17, 15) is 19.1 Å². The summed E-state index contributed by atoms with van der Waals surface area (Å²) in [6.45, 7) is -1.24. The Labute approximate surface area is 105 Å². The lowest BCUT2D eigenvalue weighted by atomic mass is 10.1. The Morgan fingerprint density at radius 3 is 2.63 bits per heavy atom. The molecule has 0 aliphatic carbocycles. The summed E-state index contributed by atoms with van der Waals surface area (Å²) in [5, 5.41) is 27.3. The van der Waals surface area contributed by atoms with Crippen LogP contribution in [0, 0.1) is 0 Å². The van der Waals surface area contributed by atoms with Crippen LogP contribution in [0.4, 0.5) is 4.39 Å². The second kappa shape index (κ2) is 5.21. The molecule has 1 saturated heterocycles. The van der Waals surface area contributed by atoms with E-state index in [4.69, 9.17) is 14.9 Å². The van der Waals surface area contributed by atoms with Crippen LogP contribution in [0.25, 0.3) is 0 Å². The standard InChI is InChI=1S/C10H13FN2O6/c11-6-7(16)5(3-15)19-9(6)13-1-4(2-14)8(17)12-10(13)18/h1,5-7,9,14-16H,2-3H2,(H,12,17,18)/t5-,6-,7-,9-/m1/s1. The van der Waals surface area contributed by atoms with Gasteiger partial charge in [-0.15, -0.1) is 0 Å². The highest BCUT2D eigenvalue weighted by atomic mass is 19.1. The molecule has 1 aromatic rings. The van der Waals surface area contributed by atoms with Crippen molar-refractivity contribution in [2.45, 2.75) is 31.2 Å². The number of aliphatic hydroxyl groups excluding tert-OH is 3. The van der Waals surface area contributed by atoms with Gasteiger partial charge in [0.2, 0.25) is 0 Å². The molecule has 1 fully saturated rings. The molecule has 4 N–H and O–H groups in total. The second-order valence-corrected chi connectivity index (χ2v) is 4.16. The van der Waals surface area contributed by atoms with Crippen LogP contribution in [0.15, 0.2) is 15.8 Å². The topological polar surface area (TPSA) is 125 Å². The summed E-state index contributed by atoms with van der Waals surface area (Å²) in [6.07, 6.45) is -5.18. The van der Waals surface area contributed by atoms with Crippen molar-refractivity contribution in [2.24, 2.45) is 0 Å². The highest BCUT2D eigenvalue weighted by Gasteiger charge is 2.45. The fraction of sp³-hybridized carbons (Fsp3) is 0.600. The van der Waals surface area contributed by atoms with Gasteiger partial charge in [0.05, 0.1) is 18.8 Å². The van der Waals surface area contributed by atoms with Crippen LogP contribution < -0.4 is 11.2 Å². The zero-order chi connectivity index (χ0) is 14.2. The quantitative estimate of drug-likeness (QED) is 0.488. The summed E-state index contributed by atoms with van der Waals surface area (Å²) in [6, 6.07) is 0. The van der Waals surface area contributed by atoms with E-state index in [1.54, 1.807) is 0 Å². The molecule has 0 saturated carbocycles. The molecule has 1 aromatic heterocycles. The first-order valence-electron chi connectivity index (χ1n) is 5.53. The molecule has 2 rings (SSSR count). The van der Waals surface area contributed by atoms with Crippen molar-refractivity contribution in [1.29, 1.82) is 0 Å². The number of aromatic amines is 1. The fourth-order valence-electron chi connectivity index (χ4n) is 1.91. The van der Waals surface area contributed by atoms with Gasteiger partial charge in [0, 0.05) is 6.20 Å². The van der Waals surface area contributed by atoms with Gasteiger partial charge in [-0.1, -0.05) is 0 Å². The third kappa shape index (κ3) is 2.32. The molecule has 1 aliphatic rings. The van der Waals surface area contributed by atoms with Crippen LogP contribution in [0.2, 0.25) is 0 Å². The van der Waals surface area contributed by atoms with E-state index in [0.717, 1.165) is 10.8 Å². The summed E-state index contributed by atoms with van der Waals surface area (Å²) < 4.78 is 19.6. The predicted octanol–water partition coefficient (Wildman–Crippen LogP) is -2.38. The van der Waals surface area contributed by atoms with E-state index in [0.29, 0.717) is 0 Å². The van der Waals surface area contributed by atoms with Crippen LogP contribution in [-0.2, 0) is 11.3 Å². The molecular formula is C10H13FN2O6. The summed E-state index contributed by atoms with van der Waals surface area (Å²) in [5.74, 6) is 0. The van der Waals surface area contributed by atoms with E-state index in [1.807, 2.05) is 4.98 Å². The smallest absolute Gasteiger partial charge is 0.330 e. The van der Waals surface area contributed by atoms with Gasteiger partial charge in [0.15, 0.2) is 12.4 Å². The maximum atomic E-state index is 13.8. The second-order valence-electron chi connectivity index (χ2n) is 4.16.